The van der Waals surface area contributed by atoms with Gasteiger partial charge in [0.25, 0.3) is 0 Å². The zero-order chi connectivity index (χ0) is 30.3. The van der Waals surface area contributed by atoms with E-state index in [2.05, 4.69) is 0 Å². The topological polar surface area (TPSA) is 115 Å². The Bertz CT molecular complexity index is 1640. The van der Waals surface area contributed by atoms with Crippen LogP contribution in [0, 0.1) is 0 Å². The molecule has 4 aromatic carbocycles. The summed E-state index contributed by atoms with van der Waals surface area (Å²) in [5, 5.41) is 0. The second kappa shape index (κ2) is 13.9. The fraction of sp³-hybridized carbons (Fsp3) is 0.200. The molecule has 0 aromatic heterocycles. The summed E-state index contributed by atoms with van der Waals surface area (Å²) in [7, 11) is -12.9. The second-order valence-electron chi connectivity index (χ2n) is 9.74. The first-order chi connectivity index (χ1) is 20.7. The number of hydrogen-bond donors (Lipinski definition) is 1. The van der Waals surface area contributed by atoms with Crippen LogP contribution in [-0.4, -0.2) is 20.9 Å². The highest BCUT2D eigenvalue weighted by Crippen LogP contribution is 2.77. The molecule has 0 bridgehead atoms. The maximum absolute atomic E-state index is 15.3. The molecule has 0 aliphatic carbocycles. The van der Waals surface area contributed by atoms with Crippen molar-refractivity contribution in [3.8, 4) is 0 Å². The molecule has 3 atom stereocenters. The number of fused-ring (bicyclic) bond motifs is 1. The number of hydrogen-bond acceptors (Lipinski definition) is 7. The summed E-state index contributed by atoms with van der Waals surface area (Å²) in [6.45, 7) is -1.09. The summed E-state index contributed by atoms with van der Waals surface area (Å²) < 4.78 is 68.7. The molecule has 0 saturated heterocycles. The molecule has 4 aromatic rings. The van der Waals surface area contributed by atoms with Crippen LogP contribution in [0.3, 0.4) is 0 Å². The third-order valence-corrected chi connectivity index (χ3v) is 14.3. The Morgan fingerprint density at radius 3 is 1.56 bits per heavy atom. The Labute approximate surface area is 251 Å². The number of nitrogens with zero attached hydrogens (tertiary/aromatic N) is 2. The molecule has 43 heavy (non-hydrogen) atoms. The third-order valence-electron chi connectivity index (χ3n) is 6.85. The summed E-state index contributed by atoms with van der Waals surface area (Å²) in [4.78, 5) is 11.5. The normalized spacial score (nSPS) is 20.4. The van der Waals surface area contributed by atoms with Gasteiger partial charge in [-0.2, -0.15) is 0 Å². The molecule has 10 nitrogen and oxygen atoms in total. The fourth-order valence-electron chi connectivity index (χ4n) is 4.54. The molecule has 0 spiro atoms. The average Bonchev–Trinajstić information content (AvgIpc) is 3.18. The summed E-state index contributed by atoms with van der Waals surface area (Å²) in [5.74, 6) is 0. The lowest BCUT2D eigenvalue weighted by Crippen LogP contribution is -2.28. The SMILES string of the molecule is COP(=O)(OCc1ccccc1)N1Cc2ccccc2CN(P(=O)(O)OCc2ccccc2)P1(=O)OCc1ccccc1. The first kappa shape index (κ1) is 31.7. The summed E-state index contributed by atoms with van der Waals surface area (Å²) in [5.41, 5.74) is 3.17. The molecule has 13 heteroatoms. The van der Waals surface area contributed by atoms with Crippen molar-refractivity contribution in [2.75, 3.05) is 7.11 Å². The standard InChI is InChI=1S/C30H33N2O8P3/c1-37-43(36,40-25-28-17-9-4-10-18-28)32-22-30-20-12-11-19-29(30)21-31(41(32,33)38-23-26-13-5-2-6-14-26)42(34,35)39-24-27-15-7-3-8-16-27/h2-20H,21-25H2,1H3,(H,34,35). The van der Waals surface area contributed by atoms with Crippen LogP contribution in [0.25, 0.3) is 0 Å². The van der Waals surface area contributed by atoms with E-state index in [1.165, 1.54) is 7.11 Å². The zero-order valence-electron chi connectivity index (χ0n) is 23.5. The summed E-state index contributed by atoms with van der Waals surface area (Å²) >= 11 is 0. The zero-order valence-corrected chi connectivity index (χ0v) is 26.2. The van der Waals surface area contributed by atoms with E-state index in [1.807, 2.05) is 18.2 Å². The Kier molecular flexibility index (Phi) is 10.3. The van der Waals surface area contributed by atoms with Gasteiger partial charge >= 0.3 is 23.2 Å². The first-order valence-corrected chi connectivity index (χ1v) is 18.1. The van der Waals surface area contributed by atoms with Gasteiger partial charge in [-0.1, -0.05) is 115 Å². The molecule has 0 amide bonds. The maximum Gasteiger partial charge on any atom is 0.417 e. The predicted octanol–water partition coefficient (Wildman–Crippen LogP) is 7.92. The number of benzene rings is 4. The Balaban J connectivity index is 1.59. The summed E-state index contributed by atoms with van der Waals surface area (Å²) in [6, 6.07) is 33.8. The lowest BCUT2D eigenvalue weighted by atomic mass is 10.1. The van der Waals surface area contributed by atoms with E-state index < -0.39 is 23.2 Å². The van der Waals surface area contributed by atoms with E-state index in [0.29, 0.717) is 27.8 Å². The smallest absolute Gasteiger partial charge is 0.312 e. The highest BCUT2D eigenvalue weighted by atomic mass is 31.3. The van der Waals surface area contributed by atoms with E-state index in [9.17, 15) is 14.0 Å². The van der Waals surface area contributed by atoms with Crippen molar-refractivity contribution in [3.05, 3.63) is 143 Å². The molecule has 1 aliphatic heterocycles. The van der Waals surface area contributed by atoms with Gasteiger partial charge in [0.05, 0.1) is 19.8 Å². The Morgan fingerprint density at radius 1 is 0.651 bits per heavy atom. The quantitative estimate of drug-likeness (QED) is 0.153. The fourth-order valence-corrected chi connectivity index (χ4v) is 11.7. The average molecular weight is 643 g/mol. The van der Waals surface area contributed by atoms with Crippen molar-refractivity contribution in [3.63, 3.8) is 0 Å². The second-order valence-corrected chi connectivity index (χ2v) is 16.3. The van der Waals surface area contributed by atoms with Crippen molar-refractivity contribution in [1.29, 1.82) is 0 Å². The van der Waals surface area contributed by atoms with Gasteiger partial charge in [0.1, 0.15) is 0 Å². The van der Waals surface area contributed by atoms with Crippen LogP contribution in [0.15, 0.2) is 115 Å². The molecule has 0 radical (unpaired) electrons. The van der Waals surface area contributed by atoms with Gasteiger partial charge < -0.3 is 9.42 Å². The molecule has 5 rings (SSSR count). The maximum atomic E-state index is 15.3. The molecule has 226 valence electrons. The van der Waals surface area contributed by atoms with E-state index in [4.69, 9.17) is 18.1 Å². The van der Waals surface area contributed by atoms with Crippen LogP contribution >= 0.6 is 23.2 Å². The van der Waals surface area contributed by atoms with Crippen LogP contribution in [0.1, 0.15) is 27.8 Å². The molecule has 1 N–H and O–H groups in total. The third kappa shape index (κ3) is 7.51. The van der Waals surface area contributed by atoms with E-state index >= 15 is 4.57 Å². The van der Waals surface area contributed by atoms with Crippen LogP contribution < -0.4 is 0 Å². The van der Waals surface area contributed by atoms with Crippen molar-refractivity contribution < 1.29 is 36.7 Å². The van der Waals surface area contributed by atoms with Crippen molar-refractivity contribution in [2.45, 2.75) is 32.9 Å². The Morgan fingerprint density at radius 2 is 1.07 bits per heavy atom. The van der Waals surface area contributed by atoms with Gasteiger partial charge in [0.15, 0.2) is 0 Å². The van der Waals surface area contributed by atoms with Gasteiger partial charge in [0.2, 0.25) is 0 Å². The van der Waals surface area contributed by atoms with Crippen molar-refractivity contribution in [1.82, 2.24) is 8.88 Å². The minimum absolute atomic E-state index is 0.135. The highest BCUT2D eigenvalue weighted by molar-refractivity contribution is 7.74. The van der Waals surface area contributed by atoms with Crippen LogP contribution in [0.5, 0.6) is 0 Å². The minimum atomic E-state index is -4.88. The molecule has 1 heterocycles. The van der Waals surface area contributed by atoms with Crippen LogP contribution in [0.2, 0.25) is 0 Å². The largest absolute Gasteiger partial charge is 0.417 e. The molecular weight excluding hydrogens is 609 g/mol. The van der Waals surface area contributed by atoms with Crippen molar-refractivity contribution >= 4 is 23.2 Å². The predicted molar refractivity (Wildman–Crippen MR) is 163 cm³/mol. The lowest BCUT2D eigenvalue weighted by Gasteiger charge is -2.38. The van der Waals surface area contributed by atoms with Gasteiger partial charge in [-0.05, 0) is 27.8 Å². The van der Waals surface area contributed by atoms with Crippen molar-refractivity contribution in [2.24, 2.45) is 0 Å². The highest BCUT2D eigenvalue weighted by Gasteiger charge is 2.57. The molecule has 3 unspecified atom stereocenters. The molecule has 0 saturated carbocycles. The molecular formula is C30H33N2O8P3. The minimum Gasteiger partial charge on any atom is -0.312 e. The summed E-state index contributed by atoms with van der Waals surface area (Å²) in [6.07, 6.45) is 0. The van der Waals surface area contributed by atoms with Gasteiger partial charge in [-0.25, -0.2) is 9.13 Å². The van der Waals surface area contributed by atoms with E-state index in [-0.39, 0.29) is 32.9 Å². The van der Waals surface area contributed by atoms with E-state index in [0.717, 1.165) is 8.88 Å². The van der Waals surface area contributed by atoms with Gasteiger partial charge in [0, 0.05) is 20.2 Å². The van der Waals surface area contributed by atoms with Crippen LogP contribution in [0.4, 0.5) is 0 Å². The van der Waals surface area contributed by atoms with Gasteiger partial charge in [-0.3, -0.25) is 18.1 Å². The van der Waals surface area contributed by atoms with Gasteiger partial charge in [-0.15, -0.1) is 8.88 Å². The van der Waals surface area contributed by atoms with Crippen LogP contribution in [-0.2, 0) is 64.7 Å². The molecule has 0 fully saturated rings. The number of rotatable bonds is 12. The monoisotopic (exact) mass is 642 g/mol. The first-order valence-electron chi connectivity index (χ1n) is 13.5. The Hall–Kier alpha value is -2.71. The van der Waals surface area contributed by atoms with E-state index in [1.54, 1.807) is 97.1 Å². The lowest BCUT2D eigenvalue weighted by molar-refractivity contribution is 0.167. The molecule has 1 aliphatic rings.